The van der Waals surface area contributed by atoms with E-state index in [1.54, 1.807) is 22.9 Å². The topological polar surface area (TPSA) is 87.9 Å². The summed E-state index contributed by atoms with van der Waals surface area (Å²) in [5.41, 5.74) is -0.690. The van der Waals surface area contributed by atoms with Crippen molar-refractivity contribution in [2.75, 3.05) is 31.6 Å². The van der Waals surface area contributed by atoms with Crippen LogP contribution < -0.4 is 20.7 Å². The van der Waals surface area contributed by atoms with E-state index in [0.29, 0.717) is 0 Å². The van der Waals surface area contributed by atoms with Crippen LogP contribution in [0.1, 0.15) is 31.9 Å². The van der Waals surface area contributed by atoms with Gasteiger partial charge >= 0.3 is 0 Å². The highest BCUT2D eigenvalue weighted by molar-refractivity contribution is 8.03. The van der Waals surface area contributed by atoms with Gasteiger partial charge in [-0.1, -0.05) is 23.9 Å². The maximum absolute atomic E-state index is 11.8. The number of para-hydroxylation sites is 1. The van der Waals surface area contributed by atoms with Gasteiger partial charge in [0.15, 0.2) is 0 Å². The second kappa shape index (κ2) is 10.0. The summed E-state index contributed by atoms with van der Waals surface area (Å²) in [4.78, 5) is 28.0. The van der Waals surface area contributed by atoms with Gasteiger partial charge in [0.2, 0.25) is 10.9 Å². The summed E-state index contributed by atoms with van der Waals surface area (Å²) < 4.78 is 0. The minimum atomic E-state index is -0.770. The molecule has 150 valence electrons. The molecule has 6 nitrogen and oxygen atoms in total. The van der Waals surface area contributed by atoms with Gasteiger partial charge in [-0.15, -0.1) is 0 Å². The average Bonchev–Trinajstić information content (AvgIpc) is 3.08. The Balaban J connectivity index is 0.000000370. The summed E-state index contributed by atoms with van der Waals surface area (Å²) in [7, 11) is 1.86. The number of anilines is 1. The summed E-state index contributed by atoms with van der Waals surface area (Å²) in [6.07, 6.45) is 1.57. The van der Waals surface area contributed by atoms with Crippen molar-refractivity contribution in [3.05, 3.63) is 66.3 Å². The maximum atomic E-state index is 11.8. The van der Waals surface area contributed by atoms with Crippen molar-refractivity contribution in [3.8, 4) is 6.07 Å². The molecule has 1 aliphatic rings. The fourth-order valence-corrected chi connectivity index (χ4v) is 4.15. The molecular formula is C22H24N4O2S. The molecule has 0 aliphatic carbocycles. The average molecular weight is 409 g/mol. The van der Waals surface area contributed by atoms with Crippen molar-refractivity contribution in [1.82, 2.24) is 0 Å². The lowest BCUT2D eigenvalue weighted by atomic mass is 9.95. The molecule has 0 atom stereocenters. The largest absolute Gasteiger partial charge is 0.762 e. The van der Waals surface area contributed by atoms with E-state index in [1.165, 1.54) is 31.4 Å². The Morgan fingerprint density at radius 3 is 2.28 bits per heavy atom. The second-order valence-electron chi connectivity index (χ2n) is 6.47. The molecule has 2 aromatic rings. The van der Waals surface area contributed by atoms with Crippen molar-refractivity contribution in [2.45, 2.75) is 25.7 Å². The predicted molar refractivity (Wildman–Crippen MR) is 120 cm³/mol. The van der Waals surface area contributed by atoms with Gasteiger partial charge in [-0.05, 0) is 39.0 Å². The molecule has 3 rings (SSSR count). The lowest BCUT2D eigenvalue weighted by molar-refractivity contribution is -0.894. The molecule has 0 amide bonds. The summed E-state index contributed by atoms with van der Waals surface area (Å²) in [6, 6.07) is 9.41. The number of nitrogens with one attached hydrogen (secondary N) is 1. The van der Waals surface area contributed by atoms with Crippen LogP contribution in [0.5, 0.6) is 0 Å². The van der Waals surface area contributed by atoms with Crippen LogP contribution in [-0.4, -0.2) is 32.6 Å². The van der Waals surface area contributed by atoms with E-state index < -0.39 is 10.9 Å². The van der Waals surface area contributed by atoms with Crippen LogP contribution in [0.4, 0.5) is 5.69 Å². The van der Waals surface area contributed by atoms with E-state index in [9.17, 15) is 9.59 Å². The van der Waals surface area contributed by atoms with Gasteiger partial charge in [0.05, 0.1) is 41.5 Å². The van der Waals surface area contributed by atoms with Crippen molar-refractivity contribution >= 4 is 35.0 Å². The molecule has 0 saturated heterocycles. The summed E-state index contributed by atoms with van der Waals surface area (Å²) >= 11 is 1.47. The normalized spacial score (nSPS) is 13.7. The molecule has 29 heavy (non-hydrogen) atoms. The number of thioether (sulfide) groups is 1. The third-order valence-corrected chi connectivity index (χ3v) is 6.13. The minimum absolute atomic E-state index is 0.0764. The molecule has 0 aromatic heterocycles. The fourth-order valence-electron chi connectivity index (χ4n) is 3.05. The van der Waals surface area contributed by atoms with Crippen LogP contribution >= 0.6 is 11.8 Å². The van der Waals surface area contributed by atoms with E-state index in [2.05, 4.69) is 20.8 Å². The van der Waals surface area contributed by atoms with E-state index in [1.807, 2.05) is 36.2 Å². The van der Waals surface area contributed by atoms with Crippen LogP contribution in [0.3, 0.4) is 0 Å². The molecule has 0 unspecified atom stereocenters. The van der Waals surface area contributed by atoms with E-state index in [0.717, 1.165) is 15.6 Å². The summed E-state index contributed by atoms with van der Waals surface area (Å²) in [5, 5.41) is 18.6. The van der Waals surface area contributed by atoms with Crippen molar-refractivity contribution in [1.29, 1.82) is 5.26 Å². The maximum Gasteiger partial charge on any atom is 0.236 e. The number of allylic oxidation sites excluding steroid dienone is 1. The van der Waals surface area contributed by atoms with Gasteiger partial charge in [0, 0.05) is 17.5 Å². The monoisotopic (exact) mass is 408 g/mol. The van der Waals surface area contributed by atoms with E-state index >= 15 is 0 Å². The zero-order chi connectivity index (χ0) is 21.6. The van der Waals surface area contributed by atoms with Gasteiger partial charge in [-0.25, -0.2) is 5.87 Å². The van der Waals surface area contributed by atoms with Crippen molar-refractivity contribution in [2.24, 2.45) is 0 Å². The lowest BCUT2D eigenvalue weighted by Gasteiger charge is -2.14. The van der Waals surface area contributed by atoms with Crippen LogP contribution in [0, 0.1) is 11.3 Å². The van der Waals surface area contributed by atoms with Gasteiger partial charge < -0.3 is 15.2 Å². The third-order valence-electron chi connectivity index (χ3n) is 4.96. The second-order valence-corrected chi connectivity index (χ2v) is 7.53. The summed E-state index contributed by atoms with van der Waals surface area (Å²) in [6.45, 7) is 10.5. The highest BCUT2D eigenvalue weighted by Gasteiger charge is 2.26. The molecule has 2 aromatic carbocycles. The van der Waals surface area contributed by atoms with Crippen LogP contribution in [0.25, 0.3) is 17.1 Å². The molecule has 0 radical (unpaired) electrons. The Morgan fingerprint density at radius 2 is 1.79 bits per heavy atom. The first-order valence-corrected chi connectivity index (χ1v) is 10.3. The summed E-state index contributed by atoms with van der Waals surface area (Å²) in [5.74, 6) is 1.66. The number of benzene rings is 1. The molecule has 0 bridgehead atoms. The lowest BCUT2D eigenvalue weighted by Crippen LogP contribution is -3.11. The highest BCUT2D eigenvalue weighted by Crippen LogP contribution is 2.45. The molecule has 1 aliphatic heterocycles. The van der Waals surface area contributed by atoms with Crippen LogP contribution in [0.15, 0.2) is 43.8 Å². The van der Waals surface area contributed by atoms with Crippen LogP contribution in [-0.2, 0) is 0 Å². The minimum Gasteiger partial charge on any atom is -0.762 e. The standard InChI is InChI=1S/C16H8N3O2S.C6H15N/c1-19-11-4-2-3-5-12(11)22-13(19)6-10-14(9(7-17)8-18)16(21)15(10)20;1-4-7(5-2)6-3/h2-6H,1H3;4-6H2,1-3H3/q-1;/p+1. The molecule has 0 spiro atoms. The Kier molecular flexibility index (Phi) is 7.74. The smallest absolute Gasteiger partial charge is 0.236 e. The third kappa shape index (κ3) is 4.57. The molecular weight excluding hydrogens is 384 g/mol. The predicted octanol–water partition coefficient (Wildman–Crippen LogP) is 1.90. The SMILES string of the molecule is CC[NH+](CC)CC.CN1C(=Cc2c(C(=C=[N-])C#N)c(=O)c2=O)Sc2ccccc21. The number of nitriles is 1. The zero-order valence-electron chi connectivity index (χ0n) is 17.1. The van der Waals surface area contributed by atoms with Gasteiger partial charge in [0.25, 0.3) is 0 Å². The Labute approximate surface area is 175 Å². The zero-order valence-corrected chi connectivity index (χ0v) is 17.9. The molecule has 7 heteroatoms. The molecule has 0 saturated carbocycles. The number of hydrogen-bond acceptors (Lipinski definition) is 5. The fraction of sp³-hybridized carbons (Fsp3) is 0.318. The van der Waals surface area contributed by atoms with Crippen LogP contribution in [0.2, 0.25) is 0 Å². The van der Waals surface area contributed by atoms with Gasteiger partial charge in [0.1, 0.15) is 6.07 Å². The Morgan fingerprint density at radius 1 is 1.17 bits per heavy atom. The number of quaternary nitrogens is 1. The number of fused-ring (bicyclic) bond motifs is 1. The number of rotatable bonds is 5. The molecule has 1 N–H and O–H groups in total. The van der Waals surface area contributed by atoms with Crippen molar-refractivity contribution < 1.29 is 4.90 Å². The first kappa shape index (κ1) is 22.4. The van der Waals surface area contributed by atoms with Gasteiger partial charge in [-0.2, -0.15) is 5.26 Å². The Bertz CT molecular complexity index is 1070. The highest BCUT2D eigenvalue weighted by atomic mass is 32.2. The molecule has 1 heterocycles. The quantitative estimate of drug-likeness (QED) is 0.464. The number of nitrogens with zero attached hydrogens (tertiary/aromatic N) is 3. The van der Waals surface area contributed by atoms with Gasteiger partial charge in [-0.3, -0.25) is 9.59 Å². The van der Waals surface area contributed by atoms with E-state index in [-0.39, 0.29) is 16.7 Å². The van der Waals surface area contributed by atoms with E-state index in [4.69, 9.17) is 10.7 Å². The van der Waals surface area contributed by atoms with Crippen molar-refractivity contribution in [3.63, 3.8) is 0 Å². The number of hydrogen-bond donors (Lipinski definition) is 1. The first-order valence-electron chi connectivity index (χ1n) is 9.49. The first-order chi connectivity index (χ1) is 13.9. The molecule has 0 fully saturated rings. The Hall–Kier alpha value is -2.91.